The molecule has 0 amide bonds. The Balaban J connectivity index is 1.22. The molecule has 0 spiro atoms. The van der Waals surface area contributed by atoms with Crippen LogP contribution in [0.3, 0.4) is 0 Å². The molecular formula is C46H27N3O2. The number of benzene rings is 7. The van der Waals surface area contributed by atoms with Crippen LogP contribution in [0, 0.1) is 0 Å². The van der Waals surface area contributed by atoms with Gasteiger partial charge in [-0.15, -0.1) is 0 Å². The van der Waals surface area contributed by atoms with Crippen molar-refractivity contribution in [1.29, 1.82) is 0 Å². The zero-order valence-corrected chi connectivity index (χ0v) is 27.2. The quantitative estimate of drug-likeness (QED) is 0.190. The molecule has 0 unspecified atom stereocenters. The van der Waals surface area contributed by atoms with Gasteiger partial charge in [0.15, 0.2) is 5.82 Å². The highest BCUT2D eigenvalue weighted by Crippen LogP contribution is 2.40. The second kappa shape index (κ2) is 10.8. The highest BCUT2D eigenvalue weighted by molar-refractivity contribution is 6.17. The van der Waals surface area contributed by atoms with Crippen LogP contribution in [-0.4, -0.2) is 14.5 Å². The lowest BCUT2D eigenvalue weighted by Crippen LogP contribution is -2.02. The van der Waals surface area contributed by atoms with Crippen molar-refractivity contribution in [2.24, 2.45) is 0 Å². The minimum atomic E-state index is 0.595. The Morgan fingerprint density at radius 2 is 1.06 bits per heavy atom. The van der Waals surface area contributed by atoms with Crippen molar-refractivity contribution in [3.05, 3.63) is 164 Å². The Morgan fingerprint density at radius 1 is 0.392 bits per heavy atom. The predicted molar refractivity (Wildman–Crippen MR) is 207 cm³/mol. The number of furan rings is 2. The zero-order chi connectivity index (χ0) is 33.5. The van der Waals surface area contributed by atoms with E-state index in [1.807, 2.05) is 36.4 Å². The summed E-state index contributed by atoms with van der Waals surface area (Å²) in [6.07, 6.45) is 0. The molecule has 0 saturated carbocycles. The Hall–Kier alpha value is -6.98. The van der Waals surface area contributed by atoms with Crippen molar-refractivity contribution < 1.29 is 8.83 Å². The molecular weight excluding hydrogens is 627 g/mol. The number of hydrogen-bond donors (Lipinski definition) is 0. The van der Waals surface area contributed by atoms with Crippen molar-refractivity contribution in [1.82, 2.24) is 14.5 Å². The van der Waals surface area contributed by atoms with Gasteiger partial charge in [0.2, 0.25) is 0 Å². The van der Waals surface area contributed by atoms with Crippen molar-refractivity contribution in [2.75, 3.05) is 0 Å². The minimum Gasteiger partial charge on any atom is -0.456 e. The van der Waals surface area contributed by atoms with Gasteiger partial charge in [-0.25, -0.2) is 9.97 Å². The van der Waals surface area contributed by atoms with E-state index in [1.165, 1.54) is 0 Å². The topological polar surface area (TPSA) is 57.0 Å². The lowest BCUT2D eigenvalue weighted by molar-refractivity contribution is 0.669. The molecule has 4 heterocycles. The lowest BCUT2D eigenvalue weighted by atomic mass is 10.0. The Labute approximate surface area is 291 Å². The minimum absolute atomic E-state index is 0.595. The molecule has 11 rings (SSSR count). The van der Waals surface area contributed by atoms with Crippen LogP contribution < -0.4 is 0 Å². The van der Waals surface area contributed by atoms with E-state index in [0.717, 1.165) is 99.4 Å². The Kier molecular flexibility index (Phi) is 5.89. The second-order valence-corrected chi connectivity index (χ2v) is 13.0. The SMILES string of the molecule is c1ccc(-c2cccc(-c3cc(-n4c5ccccc5c5cc6oc7ccccc7c6cc54)nc(-c4cccc5c4oc4ccccc45)n3)c2)cc1. The van der Waals surface area contributed by atoms with Crippen molar-refractivity contribution in [3.63, 3.8) is 0 Å². The van der Waals surface area contributed by atoms with E-state index in [1.54, 1.807) is 0 Å². The molecule has 0 N–H and O–H groups in total. The summed E-state index contributed by atoms with van der Waals surface area (Å²) in [5, 5.41) is 6.49. The highest BCUT2D eigenvalue weighted by Gasteiger charge is 2.21. The largest absolute Gasteiger partial charge is 0.456 e. The molecule has 0 aliphatic heterocycles. The van der Waals surface area contributed by atoms with E-state index in [-0.39, 0.29) is 0 Å². The lowest BCUT2D eigenvalue weighted by Gasteiger charge is -2.13. The monoisotopic (exact) mass is 653 g/mol. The van der Waals surface area contributed by atoms with Crippen LogP contribution in [-0.2, 0) is 0 Å². The standard InChI is InChI=1S/C46H27N3O2/c1-2-12-28(13-3-1)29-14-10-15-30(24-29)38-27-44(48-46(47-38)35-20-11-19-34-32-17-5-9-23-42(32)51-45(34)35)49-39-21-7-4-16-31(39)36-26-43-37(25-40(36)49)33-18-6-8-22-41(33)50-43/h1-27H. The van der Waals surface area contributed by atoms with Crippen molar-refractivity contribution in [2.45, 2.75) is 0 Å². The maximum absolute atomic E-state index is 6.51. The molecule has 5 nitrogen and oxygen atoms in total. The Morgan fingerprint density at radius 3 is 1.92 bits per heavy atom. The summed E-state index contributed by atoms with van der Waals surface area (Å²) in [5.41, 5.74) is 10.4. The van der Waals surface area contributed by atoms with E-state index in [0.29, 0.717) is 5.82 Å². The molecule has 7 aromatic carbocycles. The van der Waals surface area contributed by atoms with Gasteiger partial charge in [0.1, 0.15) is 28.1 Å². The fourth-order valence-electron chi connectivity index (χ4n) is 7.66. The molecule has 0 fully saturated rings. The van der Waals surface area contributed by atoms with Crippen LogP contribution in [0.15, 0.2) is 173 Å². The molecule has 0 saturated heterocycles. The fourth-order valence-corrected chi connectivity index (χ4v) is 7.66. The molecule has 0 radical (unpaired) electrons. The van der Waals surface area contributed by atoms with Gasteiger partial charge in [0.25, 0.3) is 0 Å². The number of rotatable bonds is 4. The van der Waals surface area contributed by atoms with Crippen molar-refractivity contribution in [3.8, 4) is 39.6 Å². The van der Waals surface area contributed by atoms with Gasteiger partial charge in [-0.1, -0.05) is 115 Å². The summed E-state index contributed by atoms with van der Waals surface area (Å²) in [4.78, 5) is 10.7. The number of aromatic nitrogens is 3. The van der Waals surface area contributed by atoms with Crippen LogP contribution in [0.2, 0.25) is 0 Å². The van der Waals surface area contributed by atoms with Gasteiger partial charge in [0.05, 0.1) is 22.3 Å². The normalized spacial score (nSPS) is 11.9. The van der Waals surface area contributed by atoms with Crippen molar-refractivity contribution >= 4 is 65.7 Å². The zero-order valence-electron chi connectivity index (χ0n) is 27.2. The average molecular weight is 654 g/mol. The third-order valence-electron chi connectivity index (χ3n) is 10.0. The van der Waals surface area contributed by atoms with Gasteiger partial charge in [-0.05, 0) is 53.6 Å². The molecule has 4 aromatic heterocycles. The smallest absolute Gasteiger partial charge is 0.165 e. The van der Waals surface area contributed by atoms with Crippen LogP contribution in [0.4, 0.5) is 0 Å². The molecule has 51 heavy (non-hydrogen) atoms. The molecule has 11 aromatic rings. The van der Waals surface area contributed by atoms with Gasteiger partial charge in [-0.3, -0.25) is 4.57 Å². The number of fused-ring (bicyclic) bond motifs is 9. The van der Waals surface area contributed by atoms with E-state index in [2.05, 4.69) is 132 Å². The number of hydrogen-bond acceptors (Lipinski definition) is 4. The Bertz CT molecular complexity index is 3150. The average Bonchev–Trinajstić information content (AvgIpc) is 3.86. The fraction of sp³-hybridized carbons (Fsp3) is 0. The van der Waals surface area contributed by atoms with E-state index < -0.39 is 0 Å². The first-order valence-electron chi connectivity index (χ1n) is 17.1. The summed E-state index contributed by atoms with van der Waals surface area (Å²) >= 11 is 0. The summed E-state index contributed by atoms with van der Waals surface area (Å²) < 4.78 is 15.1. The van der Waals surface area contributed by atoms with Gasteiger partial charge < -0.3 is 8.83 Å². The summed E-state index contributed by atoms with van der Waals surface area (Å²) in [6, 6.07) is 56.6. The first kappa shape index (κ1) is 27.9. The van der Waals surface area contributed by atoms with E-state index in [9.17, 15) is 0 Å². The molecule has 0 aliphatic carbocycles. The summed E-state index contributed by atoms with van der Waals surface area (Å²) in [7, 11) is 0. The molecule has 238 valence electrons. The maximum atomic E-state index is 6.51. The molecule has 5 heteroatoms. The third kappa shape index (κ3) is 4.28. The molecule has 0 atom stereocenters. The van der Waals surface area contributed by atoms with Crippen LogP contribution in [0.25, 0.3) is 105 Å². The van der Waals surface area contributed by atoms with Crippen LogP contribution in [0.1, 0.15) is 0 Å². The van der Waals surface area contributed by atoms with Gasteiger partial charge in [-0.2, -0.15) is 0 Å². The second-order valence-electron chi connectivity index (χ2n) is 13.0. The third-order valence-corrected chi connectivity index (χ3v) is 10.0. The first-order chi connectivity index (χ1) is 25.3. The van der Waals surface area contributed by atoms with Crippen LogP contribution in [0.5, 0.6) is 0 Å². The van der Waals surface area contributed by atoms with Gasteiger partial charge in [0, 0.05) is 43.9 Å². The van der Waals surface area contributed by atoms with Gasteiger partial charge >= 0.3 is 0 Å². The molecule has 0 bridgehead atoms. The first-order valence-corrected chi connectivity index (χ1v) is 17.1. The highest BCUT2D eigenvalue weighted by atomic mass is 16.3. The maximum Gasteiger partial charge on any atom is 0.165 e. The molecule has 0 aliphatic rings. The van der Waals surface area contributed by atoms with E-state index in [4.69, 9.17) is 18.8 Å². The number of nitrogens with zero attached hydrogens (tertiary/aromatic N) is 3. The summed E-state index contributed by atoms with van der Waals surface area (Å²) in [5.74, 6) is 1.37. The van der Waals surface area contributed by atoms with E-state index >= 15 is 0 Å². The predicted octanol–water partition coefficient (Wildman–Crippen LogP) is 12.4. The van der Waals surface area contributed by atoms with Crippen LogP contribution >= 0.6 is 0 Å². The number of para-hydroxylation sites is 4. The summed E-state index contributed by atoms with van der Waals surface area (Å²) in [6.45, 7) is 0.